The Balaban J connectivity index is 1.89. The highest BCUT2D eigenvalue weighted by molar-refractivity contribution is 5.94. The Kier molecular flexibility index (Phi) is 7.25. The third-order valence-corrected chi connectivity index (χ3v) is 5.15. The van der Waals surface area contributed by atoms with Crippen molar-refractivity contribution in [1.82, 2.24) is 0 Å². The molecule has 1 aliphatic carbocycles. The van der Waals surface area contributed by atoms with Gasteiger partial charge in [-0.3, -0.25) is 24.5 Å². The molecule has 0 saturated heterocycles. The van der Waals surface area contributed by atoms with Crippen LogP contribution >= 0.6 is 0 Å². The average Bonchev–Trinajstić information content (AvgIpc) is 2.86. The first-order valence-electron chi connectivity index (χ1n) is 9.38. The first-order chi connectivity index (χ1) is 13.2. The number of ether oxygens (including phenoxy) is 1. The van der Waals surface area contributed by atoms with Crippen LogP contribution in [0.15, 0.2) is 24.3 Å². The molecule has 0 bridgehead atoms. The summed E-state index contributed by atoms with van der Waals surface area (Å²) in [7, 11) is 0. The molecule has 1 aliphatic rings. The van der Waals surface area contributed by atoms with Gasteiger partial charge in [0.2, 0.25) is 6.54 Å². The molecule has 3 atom stereocenters. The Morgan fingerprint density at radius 1 is 1.32 bits per heavy atom. The van der Waals surface area contributed by atoms with Crippen LogP contribution in [0.4, 0.5) is 5.69 Å². The number of nitrogens with zero attached hydrogens (tertiary/aromatic N) is 1. The molecule has 1 aromatic rings. The molecule has 152 valence electrons. The number of para-hydroxylation sites is 1. The van der Waals surface area contributed by atoms with Gasteiger partial charge in [-0.15, -0.1) is 0 Å². The molecule has 0 heterocycles. The number of nitro groups is 1. The van der Waals surface area contributed by atoms with Crippen LogP contribution in [0.25, 0.3) is 0 Å². The third-order valence-electron chi connectivity index (χ3n) is 5.15. The van der Waals surface area contributed by atoms with Gasteiger partial charge >= 0.3 is 5.97 Å². The lowest BCUT2D eigenvalue weighted by molar-refractivity contribution is -0.490. The fourth-order valence-electron chi connectivity index (χ4n) is 3.69. The van der Waals surface area contributed by atoms with Crippen molar-refractivity contribution in [3.63, 3.8) is 0 Å². The number of hydrogen-bond donors (Lipinski definition) is 1. The number of ketones is 1. The van der Waals surface area contributed by atoms with Crippen LogP contribution in [0.3, 0.4) is 0 Å². The Morgan fingerprint density at radius 3 is 2.64 bits per heavy atom. The maximum atomic E-state index is 12.1. The molecule has 0 aliphatic heterocycles. The van der Waals surface area contributed by atoms with Crippen LogP contribution in [-0.4, -0.2) is 35.7 Å². The maximum Gasteiger partial charge on any atom is 0.307 e. The molecule has 0 unspecified atom stereocenters. The molecule has 1 N–H and O–H groups in total. The molecular formula is C20H26N2O6. The van der Waals surface area contributed by atoms with E-state index in [-0.39, 0.29) is 37.0 Å². The summed E-state index contributed by atoms with van der Waals surface area (Å²) in [5.41, 5.74) is 1.62. The quantitative estimate of drug-likeness (QED) is 0.414. The molecule has 1 aromatic carbocycles. The lowest BCUT2D eigenvalue weighted by Crippen LogP contribution is -2.28. The van der Waals surface area contributed by atoms with Crippen molar-refractivity contribution in [2.45, 2.75) is 39.5 Å². The number of hydrogen-bond acceptors (Lipinski definition) is 6. The van der Waals surface area contributed by atoms with Crippen LogP contribution in [0, 0.1) is 27.9 Å². The van der Waals surface area contributed by atoms with Crippen molar-refractivity contribution in [1.29, 1.82) is 0 Å². The van der Waals surface area contributed by atoms with E-state index < -0.39 is 35.2 Å². The smallest absolute Gasteiger partial charge is 0.307 e. The molecule has 8 nitrogen and oxygen atoms in total. The summed E-state index contributed by atoms with van der Waals surface area (Å²) in [4.78, 5) is 46.7. The molecule has 0 spiro atoms. The minimum absolute atomic E-state index is 0.147. The van der Waals surface area contributed by atoms with Gasteiger partial charge in [0, 0.05) is 28.9 Å². The lowest BCUT2D eigenvalue weighted by Gasteiger charge is -2.17. The van der Waals surface area contributed by atoms with Gasteiger partial charge in [-0.2, -0.15) is 0 Å². The van der Waals surface area contributed by atoms with E-state index >= 15 is 0 Å². The minimum Gasteiger partial charge on any atom is -0.456 e. The van der Waals surface area contributed by atoms with Crippen molar-refractivity contribution in [2.75, 3.05) is 18.5 Å². The maximum absolute atomic E-state index is 12.1. The van der Waals surface area contributed by atoms with E-state index in [1.165, 1.54) is 0 Å². The Morgan fingerprint density at radius 2 is 2.00 bits per heavy atom. The van der Waals surface area contributed by atoms with E-state index in [4.69, 9.17) is 4.74 Å². The second kappa shape index (κ2) is 9.43. The molecule has 1 amide bonds. The zero-order chi connectivity index (χ0) is 20.8. The SMILES string of the molecule is CC(C)c1ccccc1NC(=O)COC(=O)C[C@H]1C(=O)C[C@@H](C)[C@H]1C[N+](=O)[O-]. The fraction of sp³-hybridized carbons (Fsp3) is 0.550. The standard InChI is InChI=1S/C20H26N2O6/c1-12(2)14-6-4-5-7-17(14)21-19(24)11-28-20(25)9-15-16(10-22(26)27)13(3)8-18(15)23/h4-7,12-13,15-16H,8-11H2,1-3H3,(H,21,24)/t13-,15-,16-/m1/s1. The highest BCUT2D eigenvalue weighted by Crippen LogP contribution is 2.36. The first-order valence-corrected chi connectivity index (χ1v) is 9.38. The van der Waals surface area contributed by atoms with Crippen LogP contribution < -0.4 is 5.32 Å². The van der Waals surface area contributed by atoms with E-state index in [2.05, 4.69) is 5.32 Å². The van der Waals surface area contributed by atoms with E-state index in [1.54, 1.807) is 19.1 Å². The summed E-state index contributed by atoms with van der Waals surface area (Å²) < 4.78 is 5.00. The highest BCUT2D eigenvalue weighted by atomic mass is 16.6. The number of benzene rings is 1. The van der Waals surface area contributed by atoms with Crippen LogP contribution in [0.1, 0.15) is 45.1 Å². The van der Waals surface area contributed by atoms with Gasteiger partial charge in [-0.05, 0) is 23.5 Å². The predicted molar refractivity (Wildman–Crippen MR) is 102 cm³/mol. The number of nitrogens with one attached hydrogen (secondary N) is 1. The monoisotopic (exact) mass is 390 g/mol. The summed E-state index contributed by atoms with van der Waals surface area (Å²) in [5, 5.41) is 13.5. The van der Waals surface area contributed by atoms with Crippen molar-refractivity contribution in [3.8, 4) is 0 Å². The van der Waals surface area contributed by atoms with Crippen LogP contribution in [0.2, 0.25) is 0 Å². The van der Waals surface area contributed by atoms with Crippen molar-refractivity contribution >= 4 is 23.3 Å². The lowest BCUT2D eigenvalue weighted by atomic mass is 9.88. The summed E-state index contributed by atoms with van der Waals surface area (Å²) in [6, 6.07) is 7.37. The Labute approximate surface area is 163 Å². The van der Waals surface area contributed by atoms with Crippen molar-refractivity contribution in [2.24, 2.45) is 17.8 Å². The van der Waals surface area contributed by atoms with Crippen LogP contribution in [0.5, 0.6) is 0 Å². The van der Waals surface area contributed by atoms with Gasteiger partial charge in [0.25, 0.3) is 5.91 Å². The second-order valence-electron chi connectivity index (χ2n) is 7.59. The second-order valence-corrected chi connectivity index (χ2v) is 7.59. The molecule has 8 heteroatoms. The first kappa shape index (κ1) is 21.5. The number of amides is 1. The topological polar surface area (TPSA) is 116 Å². The zero-order valence-electron chi connectivity index (χ0n) is 16.3. The average molecular weight is 390 g/mol. The summed E-state index contributed by atoms with van der Waals surface area (Å²) in [6.07, 6.45) is -0.0134. The van der Waals surface area contributed by atoms with Gasteiger partial charge in [0.1, 0.15) is 5.78 Å². The molecule has 1 fully saturated rings. The molecule has 28 heavy (non-hydrogen) atoms. The Hall–Kier alpha value is -2.77. The van der Waals surface area contributed by atoms with Crippen molar-refractivity contribution in [3.05, 3.63) is 39.9 Å². The van der Waals surface area contributed by atoms with Gasteiger partial charge in [0.15, 0.2) is 6.61 Å². The largest absolute Gasteiger partial charge is 0.456 e. The summed E-state index contributed by atoms with van der Waals surface area (Å²) in [5.74, 6) is -2.48. The number of esters is 1. The highest BCUT2D eigenvalue weighted by Gasteiger charge is 2.44. The number of carbonyl (C=O) groups is 3. The van der Waals surface area contributed by atoms with E-state index in [0.29, 0.717) is 5.69 Å². The summed E-state index contributed by atoms with van der Waals surface area (Å²) in [6.45, 7) is 4.97. The van der Waals surface area contributed by atoms with Gasteiger partial charge in [-0.25, -0.2) is 0 Å². The fourth-order valence-corrected chi connectivity index (χ4v) is 3.69. The van der Waals surface area contributed by atoms with Gasteiger partial charge < -0.3 is 10.1 Å². The number of anilines is 1. The predicted octanol–water partition coefficient (Wildman–Crippen LogP) is 2.80. The minimum atomic E-state index is -0.724. The molecule has 1 saturated carbocycles. The molecule has 0 aromatic heterocycles. The van der Waals surface area contributed by atoms with E-state index in [1.807, 2.05) is 26.0 Å². The van der Waals surface area contributed by atoms with E-state index in [0.717, 1.165) is 5.56 Å². The molecule has 2 rings (SSSR count). The van der Waals surface area contributed by atoms with Crippen molar-refractivity contribution < 1.29 is 24.0 Å². The summed E-state index contributed by atoms with van der Waals surface area (Å²) >= 11 is 0. The normalized spacial score (nSPS) is 21.6. The zero-order valence-corrected chi connectivity index (χ0v) is 16.3. The number of Topliss-reactive ketones (excluding diaryl/α,β-unsaturated/α-hetero) is 1. The number of rotatable bonds is 8. The van der Waals surface area contributed by atoms with Crippen LogP contribution in [-0.2, 0) is 19.1 Å². The Bertz CT molecular complexity index is 761. The van der Waals surface area contributed by atoms with Gasteiger partial charge in [0.05, 0.1) is 6.42 Å². The van der Waals surface area contributed by atoms with E-state index in [9.17, 15) is 24.5 Å². The van der Waals surface area contributed by atoms with Gasteiger partial charge in [-0.1, -0.05) is 39.0 Å². The third kappa shape index (κ3) is 5.61. The molecule has 0 radical (unpaired) electrons. The number of carbonyl (C=O) groups excluding carboxylic acids is 3. The molecular weight excluding hydrogens is 364 g/mol.